The van der Waals surface area contributed by atoms with Crippen LogP contribution in [0.15, 0.2) is 34.9 Å². The second-order valence-electron chi connectivity index (χ2n) is 8.94. The third-order valence-electron chi connectivity index (χ3n) is 6.15. The Morgan fingerprint density at radius 2 is 2.03 bits per heavy atom. The number of aromatic nitrogens is 2. The van der Waals surface area contributed by atoms with Crippen molar-refractivity contribution in [2.75, 3.05) is 19.4 Å². The van der Waals surface area contributed by atoms with E-state index in [1.54, 1.807) is 43.3 Å². The van der Waals surface area contributed by atoms with Gasteiger partial charge in [0.1, 0.15) is 28.0 Å². The SMILES string of the molecule is COc1ccc(C2(C(=O)N(CCCc3ccc(Cl)o3)Cc3nc(C(=O)CS(N)(=O)=O)c(C)s3)CC2)nc1. The lowest BCUT2D eigenvalue weighted by atomic mass is 9.99. The second kappa shape index (κ2) is 10.9. The van der Waals surface area contributed by atoms with Crippen molar-refractivity contribution in [2.45, 2.75) is 44.6 Å². The van der Waals surface area contributed by atoms with Crippen molar-refractivity contribution in [3.05, 3.63) is 62.7 Å². The number of halogens is 1. The maximum absolute atomic E-state index is 13.9. The van der Waals surface area contributed by atoms with E-state index in [1.807, 2.05) is 6.07 Å². The van der Waals surface area contributed by atoms with Crippen LogP contribution >= 0.6 is 22.9 Å². The van der Waals surface area contributed by atoms with Crippen LogP contribution in [0.1, 0.15) is 51.1 Å². The van der Waals surface area contributed by atoms with Gasteiger partial charge in [0.25, 0.3) is 0 Å². The van der Waals surface area contributed by atoms with Crippen molar-refractivity contribution < 1.29 is 27.2 Å². The number of aryl methyl sites for hydroxylation is 2. The molecule has 1 amide bonds. The number of thiazole rings is 1. The maximum Gasteiger partial charge on any atom is 0.235 e. The highest BCUT2D eigenvalue weighted by Gasteiger charge is 2.54. The standard InChI is InChI=1S/C24H27ClN4O6S2/c1-15-22(18(30)14-37(26,32)33)28-21(36-15)13-29(11-3-4-16-6-8-20(25)35-16)23(31)24(9-10-24)19-7-5-17(34-2)12-27-19/h5-8,12H,3-4,9-11,13-14H2,1-2H3,(H2,26,32,33). The average Bonchev–Trinajstić information content (AvgIpc) is 3.42. The topological polar surface area (TPSA) is 146 Å². The van der Waals surface area contributed by atoms with Crippen LogP contribution in [0.2, 0.25) is 5.22 Å². The number of ketones is 1. The number of carbonyl (C=O) groups excluding carboxylic acids is 2. The Balaban J connectivity index is 1.55. The highest BCUT2D eigenvalue weighted by Crippen LogP contribution is 2.49. The highest BCUT2D eigenvalue weighted by atomic mass is 35.5. The number of sulfonamides is 1. The molecule has 1 saturated carbocycles. The molecule has 37 heavy (non-hydrogen) atoms. The van der Waals surface area contributed by atoms with Crippen molar-refractivity contribution in [3.63, 3.8) is 0 Å². The Labute approximate surface area is 223 Å². The predicted octanol–water partition coefficient (Wildman–Crippen LogP) is 3.27. The molecule has 3 aromatic heterocycles. The van der Waals surface area contributed by atoms with Crippen LogP contribution in [0.25, 0.3) is 0 Å². The lowest BCUT2D eigenvalue weighted by Crippen LogP contribution is -2.40. The number of rotatable bonds is 12. The quantitative estimate of drug-likeness (QED) is 0.329. The Morgan fingerprint density at radius 3 is 2.59 bits per heavy atom. The summed E-state index contributed by atoms with van der Waals surface area (Å²) in [5.41, 5.74) is 0.0174. The van der Waals surface area contributed by atoms with Gasteiger partial charge in [-0.25, -0.2) is 18.5 Å². The second-order valence-corrected chi connectivity index (χ2v) is 12.2. The van der Waals surface area contributed by atoms with Gasteiger partial charge in [-0.2, -0.15) is 0 Å². The van der Waals surface area contributed by atoms with Gasteiger partial charge < -0.3 is 14.1 Å². The minimum atomic E-state index is -3.98. The van der Waals surface area contributed by atoms with Crippen LogP contribution < -0.4 is 9.88 Å². The van der Waals surface area contributed by atoms with Gasteiger partial charge in [0.2, 0.25) is 15.9 Å². The molecular weight excluding hydrogens is 540 g/mol. The molecule has 3 heterocycles. The Kier molecular flexibility index (Phi) is 8.02. The fourth-order valence-corrected chi connectivity index (χ4v) is 5.80. The number of carbonyl (C=O) groups is 2. The molecule has 10 nitrogen and oxygen atoms in total. The summed E-state index contributed by atoms with van der Waals surface area (Å²) in [6, 6.07) is 7.07. The normalized spacial score (nSPS) is 14.4. The molecular formula is C24H27ClN4O6S2. The van der Waals surface area contributed by atoms with Gasteiger partial charge >= 0.3 is 0 Å². The zero-order valence-corrected chi connectivity index (χ0v) is 22.8. The molecule has 0 unspecified atom stereocenters. The summed E-state index contributed by atoms with van der Waals surface area (Å²) in [7, 11) is -2.43. The van der Waals surface area contributed by atoms with Crippen LogP contribution in [-0.2, 0) is 33.2 Å². The van der Waals surface area contributed by atoms with Crippen molar-refractivity contribution in [1.29, 1.82) is 0 Å². The molecule has 1 aliphatic carbocycles. The van der Waals surface area contributed by atoms with E-state index in [0.717, 1.165) is 5.76 Å². The maximum atomic E-state index is 13.9. The summed E-state index contributed by atoms with van der Waals surface area (Å²) >= 11 is 7.12. The summed E-state index contributed by atoms with van der Waals surface area (Å²) in [6.07, 6.45) is 4.14. The number of hydrogen-bond donors (Lipinski definition) is 1. The summed E-state index contributed by atoms with van der Waals surface area (Å²) in [6.45, 7) is 2.27. The van der Waals surface area contributed by atoms with Crippen molar-refractivity contribution in [1.82, 2.24) is 14.9 Å². The van der Waals surface area contributed by atoms with Crippen molar-refractivity contribution in [3.8, 4) is 5.75 Å². The Bertz CT molecular complexity index is 1400. The molecule has 0 aromatic carbocycles. The molecule has 2 N–H and O–H groups in total. The lowest BCUT2D eigenvalue weighted by molar-refractivity contribution is -0.134. The van der Waals surface area contributed by atoms with Gasteiger partial charge in [0.05, 0.1) is 31.0 Å². The first-order chi connectivity index (χ1) is 17.5. The molecule has 0 spiro atoms. The number of Topliss-reactive ketones (excluding diaryl/α,β-unsaturated/α-hetero) is 1. The zero-order valence-electron chi connectivity index (χ0n) is 20.4. The summed E-state index contributed by atoms with van der Waals surface area (Å²) in [4.78, 5) is 37.4. The fraction of sp³-hybridized carbons (Fsp3) is 0.417. The Hall–Kier alpha value is -2.80. The number of ether oxygens (including phenoxy) is 1. The predicted molar refractivity (Wildman–Crippen MR) is 138 cm³/mol. The first-order valence-corrected chi connectivity index (χ1v) is 14.5. The van der Waals surface area contributed by atoms with E-state index in [9.17, 15) is 18.0 Å². The monoisotopic (exact) mass is 566 g/mol. The lowest BCUT2D eigenvalue weighted by Gasteiger charge is -2.26. The third kappa shape index (κ3) is 6.56. The van der Waals surface area contributed by atoms with Gasteiger partial charge in [0.15, 0.2) is 11.0 Å². The molecule has 3 aromatic rings. The highest BCUT2D eigenvalue weighted by molar-refractivity contribution is 7.89. The number of pyridine rings is 1. The Morgan fingerprint density at radius 1 is 1.27 bits per heavy atom. The molecule has 0 radical (unpaired) electrons. The van der Waals surface area contributed by atoms with E-state index in [2.05, 4.69) is 9.97 Å². The third-order valence-corrected chi connectivity index (χ3v) is 7.98. The molecule has 0 bridgehead atoms. The number of methoxy groups -OCH3 is 1. The number of nitrogens with two attached hydrogens (primary N) is 1. The molecule has 1 aliphatic rings. The number of hydrogen-bond acceptors (Lipinski definition) is 9. The minimum absolute atomic E-state index is 0.0598. The largest absolute Gasteiger partial charge is 0.495 e. The van der Waals surface area contributed by atoms with Gasteiger partial charge in [-0.05, 0) is 62.1 Å². The van der Waals surface area contributed by atoms with Gasteiger partial charge in [-0.1, -0.05) is 0 Å². The van der Waals surface area contributed by atoms with E-state index in [0.29, 0.717) is 58.8 Å². The smallest absolute Gasteiger partial charge is 0.235 e. The molecule has 198 valence electrons. The van der Waals surface area contributed by atoms with E-state index >= 15 is 0 Å². The van der Waals surface area contributed by atoms with Gasteiger partial charge in [-0.3, -0.25) is 14.6 Å². The van der Waals surface area contributed by atoms with Gasteiger partial charge in [-0.15, -0.1) is 11.3 Å². The van der Waals surface area contributed by atoms with Crippen LogP contribution in [0.3, 0.4) is 0 Å². The molecule has 0 saturated heterocycles. The first kappa shape index (κ1) is 27.2. The van der Waals surface area contributed by atoms with Crippen LogP contribution in [0.5, 0.6) is 5.75 Å². The van der Waals surface area contributed by atoms with Crippen LogP contribution in [0, 0.1) is 6.92 Å². The summed E-state index contributed by atoms with van der Waals surface area (Å²) in [5.74, 6) is -0.242. The number of primary sulfonamides is 1. The van der Waals surface area contributed by atoms with Crippen LogP contribution in [-0.4, -0.2) is 54.4 Å². The van der Waals surface area contributed by atoms with Crippen molar-refractivity contribution >= 4 is 44.7 Å². The molecule has 0 atom stereocenters. The van der Waals surface area contributed by atoms with Crippen molar-refractivity contribution in [2.24, 2.45) is 5.14 Å². The fourth-order valence-electron chi connectivity index (χ4n) is 4.17. The molecule has 0 aliphatic heterocycles. The number of nitrogens with zero attached hydrogens (tertiary/aromatic N) is 3. The zero-order chi connectivity index (χ0) is 26.8. The van der Waals surface area contributed by atoms with E-state index < -0.39 is 27.0 Å². The first-order valence-electron chi connectivity index (χ1n) is 11.5. The van der Waals surface area contributed by atoms with E-state index in [1.165, 1.54) is 11.3 Å². The van der Waals surface area contributed by atoms with Crippen LogP contribution in [0.4, 0.5) is 0 Å². The molecule has 13 heteroatoms. The van der Waals surface area contributed by atoms with Gasteiger partial charge in [0, 0.05) is 17.8 Å². The van der Waals surface area contributed by atoms with E-state index in [4.69, 9.17) is 25.9 Å². The summed E-state index contributed by atoms with van der Waals surface area (Å²) in [5, 5.41) is 5.86. The average molecular weight is 567 g/mol. The molecule has 1 fully saturated rings. The molecule has 4 rings (SSSR count). The minimum Gasteiger partial charge on any atom is -0.495 e. The number of furan rings is 1. The number of amides is 1. The van der Waals surface area contributed by atoms with E-state index in [-0.39, 0.29) is 18.1 Å². The summed E-state index contributed by atoms with van der Waals surface area (Å²) < 4.78 is 33.4.